The van der Waals surface area contributed by atoms with Gasteiger partial charge in [0.05, 0.1) is 11.5 Å². The highest BCUT2D eigenvalue weighted by Crippen LogP contribution is 2.32. The lowest BCUT2D eigenvalue weighted by molar-refractivity contribution is -0.147. The molecule has 0 radical (unpaired) electrons. The van der Waals surface area contributed by atoms with Gasteiger partial charge >= 0.3 is 24.2 Å². The number of alkyl carbamates (subject to hydrolysis) is 1. The Kier molecular flexibility index (Phi) is 28.4. The molecule has 0 aliphatic rings. The van der Waals surface area contributed by atoms with Crippen LogP contribution in [-0.4, -0.2) is 137 Å². The molecule has 0 aliphatic heterocycles. The van der Waals surface area contributed by atoms with Crippen LogP contribution in [0.4, 0.5) is 20.1 Å². The number of amides is 9. The van der Waals surface area contributed by atoms with Crippen molar-refractivity contribution < 1.29 is 57.7 Å². The zero-order valence-electron chi connectivity index (χ0n) is 50.5. The van der Waals surface area contributed by atoms with Gasteiger partial charge in [-0.15, -0.1) is 11.3 Å². The summed E-state index contributed by atoms with van der Waals surface area (Å²) in [6.45, 7) is 20.1. The van der Waals surface area contributed by atoms with Crippen molar-refractivity contribution in [2.75, 3.05) is 32.5 Å². The van der Waals surface area contributed by atoms with E-state index >= 15 is 4.79 Å². The van der Waals surface area contributed by atoms with E-state index in [9.17, 15) is 43.5 Å². The smallest absolute Gasteiger partial charge is 0.410 e. The molecule has 0 saturated heterocycles. The molecule has 0 spiro atoms. The summed E-state index contributed by atoms with van der Waals surface area (Å²) < 4.78 is 11.6. The van der Waals surface area contributed by atoms with Crippen LogP contribution in [-0.2, 0) is 46.5 Å². The second-order valence-corrected chi connectivity index (χ2v) is 23.6. The normalized spacial score (nSPS) is 14.4. The maximum atomic E-state index is 15.1. The molecule has 0 saturated carbocycles. The molecule has 11 N–H and O–H groups in total. The minimum atomic E-state index is -1.16. The summed E-state index contributed by atoms with van der Waals surface area (Å²) in [6, 6.07) is 10.1. The van der Waals surface area contributed by atoms with Crippen molar-refractivity contribution in [2.24, 2.45) is 40.6 Å². The topological polar surface area (TPSA) is 336 Å². The lowest BCUT2D eigenvalue weighted by atomic mass is 9.84. The molecule has 0 bridgehead atoms. The highest BCUT2D eigenvalue weighted by atomic mass is 32.1. The number of carboxylic acid groups (broad SMARTS) is 1. The van der Waals surface area contributed by atoms with E-state index < -0.39 is 102 Å². The Balaban J connectivity index is 1.82. The van der Waals surface area contributed by atoms with Crippen LogP contribution >= 0.6 is 11.3 Å². The number of ether oxygens (including phenoxy) is 2. The summed E-state index contributed by atoms with van der Waals surface area (Å²) in [5.41, 5.74) is 11.9. The van der Waals surface area contributed by atoms with E-state index in [2.05, 4.69) is 36.9 Å². The number of thiazole rings is 1. The number of primary amides is 1. The van der Waals surface area contributed by atoms with Crippen LogP contribution in [0.3, 0.4) is 0 Å². The third-order valence-electron chi connectivity index (χ3n) is 14.4. The van der Waals surface area contributed by atoms with Crippen molar-refractivity contribution in [2.45, 2.75) is 170 Å². The van der Waals surface area contributed by atoms with Gasteiger partial charge in [0.2, 0.25) is 23.6 Å². The maximum Gasteiger partial charge on any atom is 0.410 e. The number of carbonyl (C=O) groups is 9. The third kappa shape index (κ3) is 22.1. The van der Waals surface area contributed by atoms with Gasteiger partial charge in [0, 0.05) is 56.8 Å². The maximum absolute atomic E-state index is 15.1. The average molecular weight is 1180 g/mol. The quantitative estimate of drug-likeness (QED) is 0.0286. The van der Waals surface area contributed by atoms with E-state index in [1.165, 1.54) is 19.0 Å². The van der Waals surface area contributed by atoms with Gasteiger partial charge in [0.1, 0.15) is 35.4 Å². The molecule has 24 heteroatoms. The van der Waals surface area contributed by atoms with E-state index in [0.717, 1.165) is 16.9 Å². The molecule has 0 aliphatic carbocycles. The Morgan fingerprint density at radius 1 is 0.819 bits per heavy atom. The van der Waals surface area contributed by atoms with E-state index in [4.69, 9.17) is 20.9 Å². The molecule has 460 valence electrons. The molecular weight excluding hydrogens is 1090 g/mol. The highest BCUT2D eigenvalue weighted by Gasteiger charge is 2.40. The second kappa shape index (κ2) is 33.7. The largest absolute Gasteiger partial charge is 0.481 e. The summed E-state index contributed by atoms with van der Waals surface area (Å²) in [7, 11) is 2.86. The molecule has 3 aromatic rings. The van der Waals surface area contributed by atoms with Crippen molar-refractivity contribution >= 4 is 70.7 Å². The number of aromatic nitrogens is 1. The van der Waals surface area contributed by atoms with Crippen LogP contribution in [0.1, 0.15) is 147 Å². The fourth-order valence-corrected chi connectivity index (χ4v) is 10.1. The number of carbonyl (C=O) groups excluding carboxylic acids is 8. The van der Waals surface area contributed by atoms with Crippen LogP contribution in [0.25, 0.3) is 0 Å². The molecule has 23 nitrogen and oxygen atoms in total. The van der Waals surface area contributed by atoms with Gasteiger partial charge in [-0.1, -0.05) is 111 Å². The van der Waals surface area contributed by atoms with Crippen LogP contribution in [0.5, 0.6) is 0 Å². The summed E-state index contributed by atoms with van der Waals surface area (Å²) in [4.78, 5) is 127. The Labute approximate surface area is 492 Å². The number of nitrogens with two attached hydrogens (primary N) is 2. The molecule has 0 unspecified atom stereocenters. The van der Waals surface area contributed by atoms with Gasteiger partial charge in [0.15, 0.2) is 6.10 Å². The fraction of sp³-hybridized carbons (Fsp3) is 0.593. The number of anilines is 1. The summed E-state index contributed by atoms with van der Waals surface area (Å²) in [6.07, 6.45) is -0.467. The summed E-state index contributed by atoms with van der Waals surface area (Å²) >= 11 is 1.11. The Hall–Kier alpha value is -7.34. The van der Waals surface area contributed by atoms with Crippen molar-refractivity contribution in [3.8, 4) is 0 Å². The number of nitrogens with one attached hydrogen (secondary N) is 6. The molecule has 0 fully saturated rings. The van der Waals surface area contributed by atoms with Gasteiger partial charge in [0.25, 0.3) is 5.91 Å². The molecule has 1 aromatic heterocycles. The fourth-order valence-electron chi connectivity index (χ4n) is 9.28. The van der Waals surface area contributed by atoms with E-state index in [0.29, 0.717) is 41.9 Å². The van der Waals surface area contributed by atoms with Crippen molar-refractivity contribution in [3.63, 3.8) is 0 Å². The molecule has 83 heavy (non-hydrogen) atoms. The Morgan fingerprint density at radius 3 is 2.02 bits per heavy atom. The number of carboxylic acids is 1. The van der Waals surface area contributed by atoms with Gasteiger partial charge in [-0.25, -0.2) is 19.4 Å². The molecule has 8 atom stereocenters. The monoisotopic (exact) mass is 1180 g/mol. The van der Waals surface area contributed by atoms with Gasteiger partial charge < -0.3 is 62.8 Å². The zero-order chi connectivity index (χ0) is 62.3. The first-order valence-corrected chi connectivity index (χ1v) is 29.3. The number of nitrogens with zero attached hydrogens (tertiary/aromatic N) is 3. The molecular formula is C59H91N11O12S. The SMILES string of the molecule is CCCN(C(=O)[C@@H](NC(=O)[C@@H](C(C)C)N(C)C(=O)OCc1ccc(NC(=O)[C@H](CCCNC(N)=O)NC(=O)[C@@H](N)C(C)C)cc1)[C@@H](C)CC)[C@H](C[C@@H](OC(=O)NC)c1nc(C(=O)N[C@@H](Cc2ccccc2)CC(C)(C)C(=O)O)cs1)C(C)C. The molecule has 9 amide bonds. The third-order valence-corrected chi connectivity index (χ3v) is 15.4. The van der Waals surface area contributed by atoms with E-state index in [1.54, 1.807) is 76.1 Å². The summed E-state index contributed by atoms with van der Waals surface area (Å²) in [5, 5.41) is 28.2. The first kappa shape index (κ1) is 69.9. The van der Waals surface area contributed by atoms with Crippen molar-refractivity contribution in [1.82, 2.24) is 41.4 Å². The molecule has 1 heterocycles. The van der Waals surface area contributed by atoms with Crippen molar-refractivity contribution in [3.05, 3.63) is 81.8 Å². The van der Waals surface area contributed by atoms with Crippen LogP contribution in [0.15, 0.2) is 60.0 Å². The lowest BCUT2D eigenvalue weighted by Crippen LogP contribution is -2.59. The predicted molar refractivity (Wildman–Crippen MR) is 318 cm³/mol. The zero-order valence-corrected chi connectivity index (χ0v) is 51.4. The minimum Gasteiger partial charge on any atom is -0.481 e. The van der Waals surface area contributed by atoms with Crippen molar-refractivity contribution in [1.29, 1.82) is 0 Å². The lowest BCUT2D eigenvalue weighted by Gasteiger charge is -2.40. The summed E-state index contributed by atoms with van der Waals surface area (Å²) in [5.74, 6) is -4.72. The standard InChI is InChI=1S/C59H91N11O12S/c1-14-28-70(44(34(3)4)30-45(82-57(79)62-12)53-67-43(33-83-53)50(72)65-41(31-59(10,11)55(76)77)29-38-20-17-16-18-21-38)54(75)47(37(9)15-2)68-52(74)48(36(7)8)69(13)58(80)81-32-39-23-25-40(26-24-39)64-49(71)42(22-19-27-63-56(61)78)66-51(73)46(60)35(5)6/h16-18,20-21,23-26,33-37,41-42,44-48H,14-15,19,22,27-32,60H2,1-13H3,(H,62,79)(H,64,71)(H,65,72)(H,66,73)(H,68,74)(H,76,77)(H3,61,63,78)/t37-,41-,42-,44+,45+,46-,47-,48+/m0/s1. The van der Waals surface area contributed by atoms with E-state index in [-0.39, 0.29) is 68.3 Å². The van der Waals surface area contributed by atoms with Crippen LogP contribution in [0, 0.1) is 29.1 Å². The van der Waals surface area contributed by atoms with Gasteiger partial charge in [-0.3, -0.25) is 33.7 Å². The van der Waals surface area contributed by atoms with Gasteiger partial charge in [-0.05, 0) is 92.9 Å². The molecule has 2 aromatic carbocycles. The highest BCUT2D eigenvalue weighted by molar-refractivity contribution is 7.09. The number of hydrogen-bond acceptors (Lipinski definition) is 14. The van der Waals surface area contributed by atoms with E-state index in [1.807, 2.05) is 65.0 Å². The van der Waals surface area contributed by atoms with Gasteiger partial charge in [-0.2, -0.15) is 0 Å². The first-order chi connectivity index (χ1) is 39.0. The number of rotatable bonds is 33. The Morgan fingerprint density at radius 2 is 1.47 bits per heavy atom. The minimum absolute atomic E-state index is 0.0439. The second-order valence-electron chi connectivity index (χ2n) is 22.7. The predicted octanol–water partition coefficient (Wildman–Crippen LogP) is 6.71. The number of hydrogen-bond donors (Lipinski definition) is 9. The molecule has 3 rings (SSSR count). The number of benzene rings is 2. The number of urea groups is 1. The van der Waals surface area contributed by atoms with Crippen LogP contribution < -0.4 is 43.4 Å². The Bertz CT molecular complexity index is 2620. The average Bonchev–Trinajstić information content (AvgIpc) is 4.00. The number of likely N-dealkylation sites (N-methyl/N-ethyl adjacent to an activating group) is 1. The van der Waals surface area contributed by atoms with Crippen LogP contribution in [0.2, 0.25) is 0 Å². The number of aliphatic carboxylic acids is 1. The first-order valence-electron chi connectivity index (χ1n) is 28.5.